The lowest BCUT2D eigenvalue weighted by atomic mass is 10.3. The van der Waals surface area contributed by atoms with Crippen LogP contribution in [0.5, 0.6) is 0 Å². The van der Waals surface area contributed by atoms with Gasteiger partial charge in [-0.05, 0) is 26.3 Å². The van der Waals surface area contributed by atoms with Crippen LogP contribution in [-0.2, 0) is 4.79 Å². The Morgan fingerprint density at radius 2 is 1.92 bits per heavy atom. The summed E-state index contributed by atoms with van der Waals surface area (Å²) in [6.07, 6.45) is 2.75. The monoisotopic (exact) mass is 175 g/mol. The molecule has 3 nitrogen and oxygen atoms in total. The highest BCUT2D eigenvalue weighted by atomic mass is 16.4. The summed E-state index contributed by atoms with van der Waals surface area (Å²) in [6, 6.07) is 0.796. The van der Waals surface area contributed by atoms with Gasteiger partial charge in [0.15, 0.2) is 0 Å². The van der Waals surface area contributed by atoms with Crippen molar-refractivity contribution in [2.75, 3.05) is 6.54 Å². The molecule has 1 unspecified atom stereocenters. The van der Waals surface area contributed by atoms with E-state index < -0.39 is 5.97 Å². The number of hydrogen-bond donors (Lipinski definition) is 2. The van der Waals surface area contributed by atoms with Crippen molar-refractivity contribution in [3.63, 3.8) is 0 Å². The van der Waals surface area contributed by atoms with Gasteiger partial charge in [0.05, 0.1) is 0 Å². The molecule has 0 radical (unpaired) electrons. The zero-order valence-electron chi connectivity index (χ0n) is 8.55. The van der Waals surface area contributed by atoms with Gasteiger partial charge in [0.25, 0.3) is 5.97 Å². The van der Waals surface area contributed by atoms with Gasteiger partial charge < -0.3 is 10.4 Å². The first kappa shape index (κ1) is 14.0. The maximum absolute atomic E-state index is 9.00. The van der Waals surface area contributed by atoms with Crippen LogP contribution in [0.1, 0.15) is 40.5 Å². The third-order valence-electron chi connectivity index (χ3n) is 1.31. The number of carboxylic acids is 1. The summed E-state index contributed by atoms with van der Waals surface area (Å²) in [6.45, 7) is 8.55. The molecule has 3 heteroatoms. The second-order valence-corrected chi connectivity index (χ2v) is 2.52. The topological polar surface area (TPSA) is 49.3 Å². The van der Waals surface area contributed by atoms with Crippen LogP contribution in [0.15, 0.2) is 0 Å². The summed E-state index contributed by atoms with van der Waals surface area (Å²) in [7, 11) is 0. The Morgan fingerprint density at radius 1 is 1.50 bits per heavy atom. The van der Waals surface area contributed by atoms with Crippen LogP contribution in [0.4, 0.5) is 0 Å². The normalized spacial score (nSPS) is 19.8. The van der Waals surface area contributed by atoms with Crippen LogP contribution in [0.25, 0.3) is 0 Å². The van der Waals surface area contributed by atoms with Crippen molar-refractivity contribution in [1.82, 2.24) is 5.32 Å². The van der Waals surface area contributed by atoms with Crippen molar-refractivity contribution >= 4 is 5.97 Å². The highest BCUT2D eigenvalue weighted by Crippen LogP contribution is 2.01. The number of carbonyl (C=O) groups is 1. The predicted octanol–water partition coefficient (Wildman–Crippen LogP) is 1.88. The van der Waals surface area contributed by atoms with Crippen LogP contribution >= 0.6 is 0 Å². The van der Waals surface area contributed by atoms with Crippen molar-refractivity contribution in [1.29, 1.82) is 0 Å². The summed E-state index contributed by atoms with van der Waals surface area (Å²) in [5.74, 6) is -0.833. The molecule has 0 aromatic carbocycles. The SMILES string of the molecule is CC.CC(=O)O.CC1CCCN1. The van der Waals surface area contributed by atoms with Gasteiger partial charge in [0, 0.05) is 13.0 Å². The summed E-state index contributed by atoms with van der Waals surface area (Å²) >= 11 is 0. The zero-order valence-corrected chi connectivity index (χ0v) is 8.55. The average Bonchev–Trinajstić information content (AvgIpc) is 2.43. The standard InChI is InChI=1S/C5H11N.C2H4O2.C2H6/c1-5-3-2-4-6-5;1-2(3)4;1-2/h5-6H,2-4H2,1H3;1H3,(H,3,4);1-2H3. The second-order valence-electron chi connectivity index (χ2n) is 2.52. The largest absolute Gasteiger partial charge is 0.481 e. The third-order valence-corrected chi connectivity index (χ3v) is 1.31. The molecule has 1 fully saturated rings. The molecule has 0 amide bonds. The van der Waals surface area contributed by atoms with E-state index in [0.29, 0.717) is 0 Å². The second kappa shape index (κ2) is 10.4. The van der Waals surface area contributed by atoms with Gasteiger partial charge in [-0.1, -0.05) is 13.8 Å². The molecule has 1 rings (SSSR count). The zero-order chi connectivity index (χ0) is 9.98. The fourth-order valence-electron chi connectivity index (χ4n) is 0.859. The van der Waals surface area contributed by atoms with Crippen molar-refractivity contribution < 1.29 is 9.90 Å². The summed E-state index contributed by atoms with van der Waals surface area (Å²) < 4.78 is 0. The van der Waals surface area contributed by atoms with Gasteiger partial charge in [-0.3, -0.25) is 4.79 Å². The molecule has 0 saturated carbocycles. The first-order chi connectivity index (χ1) is 5.63. The lowest BCUT2D eigenvalue weighted by Crippen LogP contribution is -2.16. The molecule has 0 aromatic rings. The fourth-order valence-corrected chi connectivity index (χ4v) is 0.859. The van der Waals surface area contributed by atoms with E-state index in [1.165, 1.54) is 19.4 Å². The van der Waals surface area contributed by atoms with Crippen molar-refractivity contribution in [2.45, 2.75) is 46.6 Å². The minimum atomic E-state index is -0.833. The molecule has 1 heterocycles. The Hall–Kier alpha value is -0.570. The molecule has 0 aromatic heterocycles. The summed E-state index contributed by atoms with van der Waals surface area (Å²) in [4.78, 5) is 9.00. The van der Waals surface area contributed by atoms with Crippen molar-refractivity contribution in [2.24, 2.45) is 0 Å². The molecule has 2 N–H and O–H groups in total. The van der Waals surface area contributed by atoms with E-state index >= 15 is 0 Å². The van der Waals surface area contributed by atoms with Gasteiger partial charge in [0.1, 0.15) is 0 Å². The molecule has 0 aliphatic carbocycles. The molecular weight excluding hydrogens is 154 g/mol. The van der Waals surface area contributed by atoms with Gasteiger partial charge in [0.2, 0.25) is 0 Å². The molecule has 74 valence electrons. The summed E-state index contributed by atoms with van der Waals surface area (Å²) in [5.41, 5.74) is 0. The Bertz CT molecular complexity index is 94.7. The Balaban J connectivity index is 0. The first-order valence-electron chi connectivity index (χ1n) is 4.56. The molecule has 12 heavy (non-hydrogen) atoms. The Labute approximate surface area is 75.2 Å². The Kier molecular flexibility index (Phi) is 12.2. The molecule has 1 atom stereocenters. The number of hydrogen-bond acceptors (Lipinski definition) is 2. The van der Waals surface area contributed by atoms with Crippen LogP contribution < -0.4 is 5.32 Å². The molecule has 1 aliphatic heterocycles. The number of aliphatic carboxylic acids is 1. The van der Waals surface area contributed by atoms with Gasteiger partial charge >= 0.3 is 0 Å². The van der Waals surface area contributed by atoms with E-state index in [9.17, 15) is 0 Å². The molecule has 0 spiro atoms. The molecule has 1 saturated heterocycles. The minimum Gasteiger partial charge on any atom is -0.481 e. The van der Waals surface area contributed by atoms with Crippen LogP contribution in [-0.4, -0.2) is 23.7 Å². The van der Waals surface area contributed by atoms with E-state index in [0.717, 1.165) is 13.0 Å². The van der Waals surface area contributed by atoms with Gasteiger partial charge in [-0.15, -0.1) is 0 Å². The Morgan fingerprint density at radius 3 is 2.00 bits per heavy atom. The van der Waals surface area contributed by atoms with Crippen LogP contribution in [0.3, 0.4) is 0 Å². The van der Waals surface area contributed by atoms with E-state index in [4.69, 9.17) is 9.90 Å². The first-order valence-corrected chi connectivity index (χ1v) is 4.56. The highest BCUT2D eigenvalue weighted by Gasteiger charge is 2.05. The highest BCUT2D eigenvalue weighted by molar-refractivity contribution is 5.62. The summed E-state index contributed by atoms with van der Waals surface area (Å²) in [5, 5.41) is 10.7. The quantitative estimate of drug-likeness (QED) is 0.591. The smallest absolute Gasteiger partial charge is 0.300 e. The van der Waals surface area contributed by atoms with E-state index in [-0.39, 0.29) is 0 Å². The predicted molar refractivity (Wildman–Crippen MR) is 51.4 cm³/mol. The minimum absolute atomic E-state index is 0.796. The van der Waals surface area contributed by atoms with Gasteiger partial charge in [-0.25, -0.2) is 0 Å². The lowest BCUT2D eigenvalue weighted by Gasteiger charge is -1.95. The molecular formula is C9H21NO2. The van der Waals surface area contributed by atoms with E-state index in [1.807, 2.05) is 13.8 Å². The van der Waals surface area contributed by atoms with Crippen molar-refractivity contribution in [3.8, 4) is 0 Å². The van der Waals surface area contributed by atoms with Gasteiger partial charge in [-0.2, -0.15) is 0 Å². The van der Waals surface area contributed by atoms with E-state index in [2.05, 4.69) is 12.2 Å². The number of carboxylic acid groups (broad SMARTS) is 1. The molecule has 0 bridgehead atoms. The number of nitrogens with one attached hydrogen (secondary N) is 1. The third kappa shape index (κ3) is 16.2. The van der Waals surface area contributed by atoms with Crippen LogP contribution in [0.2, 0.25) is 0 Å². The molecule has 1 aliphatic rings. The average molecular weight is 175 g/mol. The fraction of sp³-hybridized carbons (Fsp3) is 0.889. The number of rotatable bonds is 0. The lowest BCUT2D eigenvalue weighted by molar-refractivity contribution is -0.134. The maximum Gasteiger partial charge on any atom is 0.300 e. The van der Waals surface area contributed by atoms with E-state index in [1.54, 1.807) is 0 Å². The maximum atomic E-state index is 9.00. The van der Waals surface area contributed by atoms with Crippen molar-refractivity contribution in [3.05, 3.63) is 0 Å². The van der Waals surface area contributed by atoms with Crippen LogP contribution in [0, 0.1) is 0 Å².